The Morgan fingerprint density at radius 2 is 0.758 bits per heavy atom. The van der Waals surface area contributed by atoms with Crippen molar-refractivity contribution in [1.82, 2.24) is 0 Å². The lowest BCUT2D eigenvalue weighted by molar-refractivity contribution is 0.415. The first-order valence-electron chi connectivity index (χ1n) is 21.0. The molecule has 2 aromatic heterocycles. The molecule has 4 aromatic carbocycles. The number of nitrogens with zero attached hydrogens (tertiary/aromatic N) is 4. The first-order chi connectivity index (χ1) is 29.0. The third kappa shape index (κ3) is 10.1. The van der Waals surface area contributed by atoms with E-state index >= 15 is 0 Å². The van der Waals surface area contributed by atoms with Gasteiger partial charge >= 0.3 is 0 Å². The van der Waals surface area contributed by atoms with Crippen LogP contribution in [0.5, 0.6) is 23.0 Å². The molecule has 10 heteroatoms. The molecule has 62 heavy (non-hydrogen) atoms. The summed E-state index contributed by atoms with van der Waals surface area (Å²) in [7, 11) is 3.27. The molecule has 2 N–H and O–H groups in total. The monoisotopic (exact) mass is 870 g/mol. The number of benzene rings is 4. The summed E-state index contributed by atoms with van der Waals surface area (Å²) in [6.45, 7) is 25.5. The fraction of sp³-hybridized carbons (Fsp3) is 0.385. The highest BCUT2D eigenvalue weighted by Crippen LogP contribution is 2.48. The second-order valence-corrected chi connectivity index (χ2v) is 22.1. The lowest BCUT2D eigenvalue weighted by Crippen LogP contribution is -2.18. The Morgan fingerprint density at radius 1 is 0.452 bits per heavy atom. The van der Waals surface area contributed by atoms with Gasteiger partial charge in [0.25, 0.3) is 0 Å². The first-order valence-corrected chi connectivity index (χ1v) is 22.7. The third-order valence-electron chi connectivity index (χ3n) is 10.9. The van der Waals surface area contributed by atoms with Crippen LogP contribution in [0.4, 0.5) is 11.4 Å². The molecule has 2 atom stereocenters. The summed E-state index contributed by atoms with van der Waals surface area (Å²) in [6.07, 6.45) is 0. The lowest BCUT2D eigenvalue weighted by atomic mass is 9.77. The molecule has 0 saturated heterocycles. The SMILES string of the molecule is COc1ccccc1N=NC(c1cc(C(C)(C)C)c(O)c(C(C)(C)C)c1)c1ccc(-c2ccc(C(N=Nc3ccccc3OC)c3cc(C(C)(C)C)c(O)c(C(C)(C)C)c3)s2)s1. The van der Waals surface area contributed by atoms with Gasteiger partial charge in [-0.25, -0.2) is 0 Å². The Labute approximate surface area is 376 Å². The third-order valence-corrected chi connectivity index (χ3v) is 13.4. The summed E-state index contributed by atoms with van der Waals surface area (Å²) in [6, 6.07) is 31.2. The van der Waals surface area contributed by atoms with Crippen molar-refractivity contribution in [1.29, 1.82) is 0 Å². The van der Waals surface area contributed by atoms with Crippen molar-refractivity contribution in [3.8, 4) is 32.8 Å². The molecule has 6 aromatic rings. The summed E-state index contributed by atoms with van der Waals surface area (Å²) in [5, 5.41) is 43.0. The van der Waals surface area contributed by atoms with E-state index in [1.54, 1.807) is 36.9 Å². The highest BCUT2D eigenvalue weighted by molar-refractivity contribution is 7.22. The lowest BCUT2D eigenvalue weighted by Gasteiger charge is -2.29. The summed E-state index contributed by atoms with van der Waals surface area (Å²) < 4.78 is 11.3. The van der Waals surface area contributed by atoms with Gasteiger partial charge in [0.15, 0.2) is 0 Å². The van der Waals surface area contributed by atoms with Crippen LogP contribution in [0.3, 0.4) is 0 Å². The smallest absolute Gasteiger partial charge is 0.146 e. The van der Waals surface area contributed by atoms with Crippen molar-refractivity contribution in [2.45, 2.75) is 117 Å². The number of hydrogen-bond donors (Lipinski definition) is 2. The summed E-state index contributed by atoms with van der Waals surface area (Å²) in [5.41, 5.74) is 5.34. The minimum Gasteiger partial charge on any atom is -0.507 e. The first kappa shape index (κ1) is 46.2. The van der Waals surface area contributed by atoms with Gasteiger partial charge in [-0.15, -0.1) is 22.7 Å². The normalized spacial score (nSPS) is 13.8. The number of hydrogen-bond acceptors (Lipinski definition) is 10. The van der Waals surface area contributed by atoms with E-state index in [0.29, 0.717) is 34.4 Å². The van der Waals surface area contributed by atoms with E-state index in [1.807, 2.05) is 48.5 Å². The molecule has 326 valence electrons. The zero-order valence-corrected chi connectivity index (χ0v) is 40.3. The summed E-state index contributed by atoms with van der Waals surface area (Å²) >= 11 is 3.35. The van der Waals surface area contributed by atoms with Crippen molar-refractivity contribution in [2.24, 2.45) is 20.5 Å². The van der Waals surface area contributed by atoms with Crippen LogP contribution >= 0.6 is 22.7 Å². The highest BCUT2D eigenvalue weighted by Gasteiger charge is 2.31. The Kier molecular flexibility index (Phi) is 13.3. The minimum absolute atomic E-state index is 0.322. The van der Waals surface area contributed by atoms with Crippen molar-refractivity contribution in [3.05, 3.63) is 140 Å². The van der Waals surface area contributed by atoms with Gasteiger partial charge in [0.05, 0.1) is 14.2 Å². The van der Waals surface area contributed by atoms with Crippen LogP contribution in [0.2, 0.25) is 0 Å². The van der Waals surface area contributed by atoms with E-state index in [9.17, 15) is 10.2 Å². The van der Waals surface area contributed by atoms with Gasteiger partial charge in [0.2, 0.25) is 0 Å². The van der Waals surface area contributed by atoms with Gasteiger partial charge in [0.1, 0.15) is 46.5 Å². The predicted octanol–water partition coefficient (Wildman–Crippen LogP) is 15.8. The molecule has 2 heterocycles. The molecule has 6 rings (SSSR count). The molecular weight excluding hydrogens is 809 g/mol. The number of ether oxygens (including phenoxy) is 2. The second kappa shape index (κ2) is 17.8. The maximum absolute atomic E-state index is 11.6. The van der Waals surface area contributed by atoms with Crippen LogP contribution in [0.25, 0.3) is 9.75 Å². The van der Waals surface area contributed by atoms with Gasteiger partial charge in [0, 0.05) is 19.5 Å². The van der Waals surface area contributed by atoms with Crippen molar-refractivity contribution < 1.29 is 19.7 Å². The molecule has 0 bridgehead atoms. The molecule has 0 radical (unpaired) electrons. The van der Waals surface area contributed by atoms with Crippen molar-refractivity contribution >= 4 is 34.0 Å². The molecule has 0 fully saturated rings. The van der Waals surface area contributed by atoms with E-state index in [0.717, 1.165) is 52.9 Å². The number of phenolic OH excluding ortho intramolecular Hbond substituents is 2. The van der Waals surface area contributed by atoms with Gasteiger partial charge < -0.3 is 19.7 Å². The Bertz CT molecular complexity index is 2340. The second-order valence-electron chi connectivity index (χ2n) is 19.9. The molecule has 0 saturated carbocycles. The van der Waals surface area contributed by atoms with E-state index in [2.05, 4.69) is 132 Å². The average Bonchev–Trinajstić information content (AvgIpc) is 3.88. The summed E-state index contributed by atoms with van der Waals surface area (Å²) in [4.78, 5) is 4.18. The highest BCUT2D eigenvalue weighted by atomic mass is 32.1. The van der Waals surface area contributed by atoms with Crippen LogP contribution < -0.4 is 9.47 Å². The van der Waals surface area contributed by atoms with E-state index in [1.165, 1.54) is 0 Å². The fourth-order valence-corrected chi connectivity index (χ4v) is 9.65. The van der Waals surface area contributed by atoms with Crippen LogP contribution in [-0.2, 0) is 21.7 Å². The zero-order valence-electron chi connectivity index (χ0n) is 38.7. The van der Waals surface area contributed by atoms with Crippen molar-refractivity contribution in [3.63, 3.8) is 0 Å². The standard InChI is InChI=1S/C52H62N4O4S2/c1-49(2,3)33-27-31(28-34(47(33)57)50(4,5)6)45(55-53-37-19-15-17-21-39(37)59-13)43-25-23-41(61-43)42-24-26-44(62-42)46(56-54-38-20-16-18-22-40(38)60-14)32-29-35(51(7,8)9)48(58)36(30-32)52(10,11)12/h15-30,45-46,57-58H,1-14H3. The Hall–Kier alpha value is -5.32. The number of para-hydroxylation sites is 2. The molecule has 8 nitrogen and oxygen atoms in total. The van der Waals surface area contributed by atoms with E-state index in [4.69, 9.17) is 29.9 Å². The van der Waals surface area contributed by atoms with Crippen LogP contribution in [-0.4, -0.2) is 24.4 Å². The van der Waals surface area contributed by atoms with E-state index in [-0.39, 0.29) is 21.7 Å². The Balaban J connectivity index is 1.50. The maximum atomic E-state index is 11.6. The molecule has 0 amide bonds. The largest absolute Gasteiger partial charge is 0.507 e. The van der Waals surface area contributed by atoms with Crippen molar-refractivity contribution in [2.75, 3.05) is 14.2 Å². The fourth-order valence-electron chi connectivity index (χ4n) is 7.42. The number of rotatable bonds is 11. The van der Waals surface area contributed by atoms with Gasteiger partial charge in [-0.1, -0.05) is 107 Å². The average molecular weight is 871 g/mol. The molecule has 2 unspecified atom stereocenters. The quantitative estimate of drug-likeness (QED) is 0.126. The Morgan fingerprint density at radius 3 is 1.05 bits per heavy atom. The number of methoxy groups -OCH3 is 2. The molecular formula is C52H62N4O4S2. The van der Waals surface area contributed by atoms with Crippen LogP contribution in [0, 0.1) is 0 Å². The number of azo groups is 2. The zero-order chi connectivity index (χ0) is 45.4. The van der Waals surface area contributed by atoms with Crippen LogP contribution in [0.1, 0.15) is 138 Å². The van der Waals surface area contributed by atoms with E-state index < -0.39 is 12.1 Å². The number of thiophene rings is 2. The summed E-state index contributed by atoms with van der Waals surface area (Å²) in [5.74, 6) is 1.92. The molecule has 0 aliphatic carbocycles. The number of phenols is 2. The molecule has 0 aliphatic heterocycles. The molecule has 0 spiro atoms. The van der Waals surface area contributed by atoms with Gasteiger partial charge in [-0.05, 0) is 128 Å². The van der Waals surface area contributed by atoms with Crippen LogP contribution in [0.15, 0.2) is 118 Å². The maximum Gasteiger partial charge on any atom is 0.146 e. The minimum atomic E-state index is -0.466. The van der Waals surface area contributed by atoms with Gasteiger partial charge in [-0.3, -0.25) is 0 Å². The predicted molar refractivity (Wildman–Crippen MR) is 257 cm³/mol. The molecule has 0 aliphatic rings. The van der Waals surface area contributed by atoms with Gasteiger partial charge in [-0.2, -0.15) is 20.5 Å². The number of aromatic hydroxyl groups is 2. The topological polar surface area (TPSA) is 108 Å².